The Morgan fingerprint density at radius 1 is 1.44 bits per heavy atom. The fourth-order valence-corrected chi connectivity index (χ4v) is 1.53. The number of alkyl carbamates (subject to hydrolysis) is 1. The number of carbonyl (C=O) groups excluding carboxylic acids is 1. The van der Waals surface area contributed by atoms with Crippen LogP contribution in [0.15, 0.2) is 0 Å². The molecule has 0 aromatic rings. The summed E-state index contributed by atoms with van der Waals surface area (Å²) < 4.78 is 37.6. The average molecular weight is 255 g/mol. The topological polar surface area (TPSA) is 72.5 Å². The van der Waals surface area contributed by atoms with Crippen LogP contribution in [0.2, 0.25) is 0 Å². The zero-order chi connectivity index (χ0) is 13.0. The van der Waals surface area contributed by atoms with Gasteiger partial charge in [-0.1, -0.05) is 0 Å². The maximum atomic E-state index is 12.2. The second kappa shape index (κ2) is 5.47. The molecule has 0 aromatic heterocycles. The number of rotatable bonds is 4. The van der Waals surface area contributed by atoms with E-state index in [0.29, 0.717) is 0 Å². The van der Waals surface area contributed by atoms with Crippen molar-refractivity contribution in [2.24, 2.45) is 0 Å². The van der Waals surface area contributed by atoms with E-state index in [4.69, 9.17) is 4.74 Å². The molecule has 16 heavy (non-hydrogen) atoms. The molecular weight excluding hydrogens is 237 g/mol. The van der Waals surface area contributed by atoms with E-state index in [-0.39, 0.29) is 6.42 Å². The Balaban J connectivity index is 3.97. The van der Waals surface area contributed by atoms with Gasteiger partial charge in [0, 0.05) is 6.04 Å². The highest BCUT2D eigenvalue weighted by Crippen LogP contribution is 2.07. The van der Waals surface area contributed by atoms with Crippen LogP contribution in [0.1, 0.15) is 34.1 Å². The molecule has 1 unspecified atom stereocenters. The zero-order valence-corrected chi connectivity index (χ0v) is 10.7. The van der Waals surface area contributed by atoms with Gasteiger partial charge in [0.05, 0.1) is 5.75 Å². The maximum absolute atomic E-state index is 12.2. The minimum absolute atomic E-state index is 0.0120. The molecule has 7 heteroatoms. The first-order valence-corrected chi connectivity index (χ1v) is 6.47. The van der Waals surface area contributed by atoms with Crippen molar-refractivity contribution in [3.8, 4) is 0 Å². The van der Waals surface area contributed by atoms with Gasteiger partial charge in [0.25, 0.3) is 0 Å². The van der Waals surface area contributed by atoms with Crippen molar-refractivity contribution in [3.63, 3.8) is 0 Å². The summed E-state index contributed by atoms with van der Waals surface area (Å²) in [7, 11) is -4.48. The van der Waals surface area contributed by atoms with Crippen LogP contribution in [0.3, 0.4) is 0 Å². The lowest BCUT2D eigenvalue weighted by atomic mass is 10.2. The third-order valence-corrected chi connectivity index (χ3v) is 2.28. The molecule has 96 valence electrons. The Hall–Kier alpha value is -0.850. The number of ether oxygens (including phenoxy) is 1. The number of hydrogen-bond donors (Lipinski definition) is 1. The molecule has 0 saturated heterocycles. The fourth-order valence-electron chi connectivity index (χ4n) is 0.898. The van der Waals surface area contributed by atoms with E-state index in [1.165, 1.54) is 0 Å². The number of nitrogens with one attached hydrogen (secondary N) is 1. The highest BCUT2D eigenvalue weighted by molar-refractivity contribution is 7.86. The summed E-state index contributed by atoms with van der Waals surface area (Å²) in [5.74, 6) is -0.607. The van der Waals surface area contributed by atoms with Crippen molar-refractivity contribution >= 4 is 16.3 Å². The molecule has 0 fully saturated rings. The van der Waals surface area contributed by atoms with Gasteiger partial charge < -0.3 is 10.1 Å². The second-order valence-corrected chi connectivity index (χ2v) is 6.06. The number of halogens is 1. The molecule has 0 heterocycles. The summed E-state index contributed by atoms with van der Waals surface area (Å²) in [5, 5.41) is 2.42. The molecule has 0 aliphatic rings. The molecule has 0 bridgehead atoms. The van der Waals surface area contributed by atoms with Crippen LogP contribution in [-0.4, -0.2) is 31.9 Å². The normalized spacial score (nSPS) is 14.3. The van der Waals surface area contributed by atoms with E-state index in [9.17, 15) is 17.1 Å². The lowest BCUT2D eigenvalue weighted by molar-refractivity contribution is 0.0507. The average Bonchev–Trinajstić information content (AvgIpc) is 1.95. The predicted octanol–water partition coefficient (Wildman–Crippen LogP) is 1.59. The lowest BCUT2D eigenvalue weighted by Gasteiger charge is -2.21. The molecule has 0 radical (unpaired) electrons. The van der Waals surface area contributed by atoms with Crippen LogP contribution in [0.4, 0.5) is 8.68 Å². The Morgan fingerprint density at radius 2 is 1.94 bits per heavy atom. The molecule has 0 aromatic carbocycles. The van der Waals surface area contributed by atoms with Crippen LogP contribution in [0, 0.1) is 0 Å². The molecule has 0 aliphatic heterocycles. The first-order chi connectivity index (χ1) is 6.99. The Bertz CT molecular complexity index is 334. The minimum atomic E-state index is -4.48. The molecule has 1 amide bonds. The lowest BCUT2D eigenvalue weighted by Crippen LogP contribution is -2.38. The monoisotopic (exact) mass is 255 g/mol. The van der Waals surface area contributed by atoms with Crippen molar-refractivity contribution in [2.75, 3.05) is 5.75 Å². The summed E-state index contributed by atoms with van der Waals surface area (Å²) in [4.78, 5) is 11.2. The van der Waals surface area contributed by atoms with E-state index < -0.39 is 33.7 Å². The summed E-state index contributed by atoms with van der Waals surface area (Å²) in [5.41, 5.74) is -0.615. The molecule has 0 rings (SSSR count). The van der Waals surface area contributed by atoms with Crippen LogP contribution in [-0.2, 0) is 15.0 Å². The van der Waals surface area contributed by atoms with E-state index >= 15 is 0 Å². The van der Waals surface area contributed by atoms with Gasteiger partial charge in [-0.25, -0.2) is 4.79 Å². The van der Waals surface area contributed by atoms with Crippen LogP contribution in [0.25, 0.3) is 0 Å². The first kappa shape index (κ1) is 15.2. The molecule has 0 aliphatic carbocycles. The van der Waals surface area contributed by atoms with E-state index in [1.807, 2.05) is 0 Å². The van der Waals surface area contributed by atoms with Crippen LogP contribution in [0.5, 0.6) is 0 Å². The summed E-state index contributed by atoms with van der Waals surface area (Å²) >= 11 is 0. The van der Waals surface area contributed by atoms with Crippen LogP contribution < -0.4 is 5.32 Å². The Labute approximate surface area is 95.6 Å². The van der Waals surface area contributed by atoms with Gasteiger partial charge in [-0.3, -0.25) is 0 Å². The highest BCUT2D eigenvalue weighted by atomic mass is 32.3. The molecule has 1 atom stereocenters. The van der Waals surface area contributed by atoms with E-state index in [0.717, 1.165) is 0 Å². The van der Waals surface area contributed by atoms with Crippen molar-refractivity contribution < 1.29 is 21.8 Å². The SMILES string of the molecule is CC(CCS(=O)(=O)F)NC(=O)OC(C)(C)C. The molecular formula is C9H18FNO4S. The Kier molecular flexibility index (Phi) is 5.18. The van der Waals surface area contributed by atoms with Gasteiger partial charge in [-0.05, 0) is 34.1 Å². The number of hydrogen-bond acceptors (Lipinski definition) is 4. The first-order valence-electron chi connectivity index (χ1n) is 4.91. The maximum Gasteiger partial charge on any atom is 0.407 e. The highest BCUT2D eigenvalue weighted by Gasteiger charge is 2.18. The molecule has 5 nitrogen and oxygen atoms in total. The molecule has 1 N–H and O–H groups in total. The van der Waals surface area contributed by atoms with Gasteiger partial charge in [-0.15, -0.1) is 3.89 Å². The molecule has 0 saturated carbocycles. The number of carbonyl (C=O) groups is 1. The fraction of sp³-hybridized carbons (Fsp3) is 0.889. The van der Waals surface area contributed by atoms with Crippen LogP contribution >= 0.6 is 0 Å². The zero-order valence-electron chi connectivity index (χ0n) is 9.91. The standard InChI is InChI=1S/C9H18FNO4S/c1-7(5-6-16(10,13)14)11-8(12)15-9(2,3)4/h7H,5-6H2,1-4H3,(H,11,12). The second-order valence-electron chi connectivity index (χ2n) is 4.58. The minimum Gasteiger partial charge on any atom is -0.444 e. The van der Waals surface area contributed by atoms with Crippen molar-refractivity contribution in [2.45, 2.75) is 45.8 Å². The van der Waals surface area contributed by atoms with Gasteiger partial charge >= 0.3 is 16.3 Å². The quantitative estimate of drug-likeness (QED) is 0.774. The Morgan fingerprint density at radius 3 is 2.31 bits per heavy atom. The van der Waals surface area contributed by atoms with Crippen molar-refractivity contribution in [3.05, 3.63) is 0 Å². The van der Waals surface area contributed by atoms with E-state index in [2.05, 4.69) is 5.32 Å². The van der Waals surface area contributed by atoms with Gasteiger partial charge in [0.1, 0.15) is 5.60 Å². The predicted molar refractivity (Wildman–Crippen MR) is 58.3 cm³/mol. The number of amides is 1. The summed E-state index contributed by atoms with van der Waals surface area (Å²) in [6, 6.07) is -0.458. The van der Waals surface area contributed by atoms with Gasteiger partial charge in [0.2, 0.25) is 0 Å². The molecule has 0 spiro atoms. The largest absolute Gasteiger partial charge is 0.444 e. The smallest absolute Gasteiger partial charge is 0.407 e. The van der Waals surface area contributed by atoms with Gasteiger partial charge in [0.15, 0.2) is 0 Å². The van der Waals surface area contributed by atoms with Gasteiger partial charge in [-0.2, -0.15) is 8.42 Å². The third-order valence-electron chi connectivity index (χ3n) is 1.56. The van der Waals surface area contributed by atoms with Crippen molar-refractivity contribution in [1.29, 1.82) is 0 Å². The van der Waals surface area contributed by atoms with E-state index in [1.54, 1.807) is 27.7 Å². The van der Waals surface area contributed by atoms with Crippen molar-refractivity contribution in [1.82, 2.24) is 5.32 Å². The summed E-state index contributed by atoms with van der Waals surface area (Å²) in [6.45, 7) is 6.71. The third kappa shape index (κ3) is 9.70. The summed E-state index contributed by atoms with van der Waals surface area (Å²) in [6.07, 6.45) is -0.630.